The van der Waals surface area contributed by atoms with Crippen molar-refractivity contribution in [3.63, 3.8) is 0 Å². The lowest BCUT2D eigenvalue weighted by molar-refractivity contribution is -0.139. The summed E-state index contributed by atoms with van der Waals surface area (Å²) in [6, 6.07) is 0. The fourth-order valence-electron chi connectivity index (χ4n) is 1.51. The molecule has 0 bridgehead atoms. The van der Waals surface area contributed by atoms with Crippen LogP contribution in [0.2, 0.25) is 0 Å². The first-order valence-corrected chi connectivity index (χ1v) is 5.56. The van der Waals surface area contributed by atoms with Crippen molar-refractivity contribution in [2.45, 2.75) is 12.8 Å². The molecule has 96 valence electrons. The molecule has 0 saturated carbocycles. The third kappa shape index (κ3) is 5.30. The summed E-state index contributed by atoms with van der Waals surface area (Å²) in [4.78, 5) is 34.7. The van der Waals surface area contributed by atoms with Crippen LogP contribution in [0.3, 0.4) is 0 Å². The highest BCUT2D eigenvalue weighted by molar-refractivity contribution is 5.86. The van der Waals surface area contributed by atoms with Gasteiger partial charge in [0.2, 0.25) is 11.8 Å². The van der Waals surface area contributed by atoms with E-state index in [0.717, 1.165) is 13.1 Å². The fraction of sp³-hybridized carbons (Fsp3) is 0.700. The summed E-state index contributed by atoms with van der Waals surface area (Å²) in [6.07, 6.45) is -0.308. The maximum absolute atomic E-state index is 11.6. The molecule has 3 N–H and O–H groups in total. The largest absolute Gasteiger partial charge is 0.481 e. The minimum atomic E-state index is -1.02. The fourth-order valence-corrected chi connectivity index (χ4v) is 1.51. The Morgan fingerprint density at radius 3 is 2.41 bits per heavy atom. The van der Waals surface area contributed by atoms with Crippen LogP contribution in [0.25, 0.3) is 0 Å². The maximum Gasteiger partial charge on any atom is 0.303 e. The Balaban J connectivity index is 2.18. The summed E-state index contributed by atoms with van der Waals surface area (Å²) >= 11 is 0. The molecule has 0 aliphatic carbocycles. The van der Waals surface area contributed by atoms with E-state index in [4.69, 9.17) is 5.11 Å². The standard InChI is InChI=1S/C10H17N3O4/c14-8(1-2-10(16)17)12-7-9(15)13-5-3-11-4-6-13/h11H,1-7H2,(H,12,14)(H,16,17). The van der Waals surface area contributed by atoms with Crippen molar-refractivity contribution in [3.8, 4) is 0 Å². The first-order valence-electron chi connectivity index (χ1n) is 5.56. The highest BCUT2D eigenvalue weighted by Gasteiger charge is 2.16. The van der Waals surface area contributed by atoms with Crippen LogP contribution in [-0.2, 0) is 14.4 Å². The van der Waals surface area contributed by atoms with Gasteiger partial charge in [-0.25, -0.2) is 0 Å². The molecule has 0 atom stereocenters. The number of carbonyl (C=O) groups excluding carboxylic acids is 2. The first-order chi connectivity index (χ1) is 8.09. The van der Waals surface area contributed by atoms with E-state index < -0.39 is 11.9 Å². The minimum absolute atomic E-state index is 0.0571. The Hall–Kier alpha value is -1.63. The van der Waals surface area contributed by atoms with Crippen LogP contribution >= 0.6 is 0 Å². The molecule has 7 heteroatoms. The van der Waals surface area contributed by atoms with Gasteiger partial charge in [0.05, 0.1) is 13.0 Å². The zero-order chi connectivity index (χ0) is 12.7. The third-order valence-electron chi connectivity index (χ3n) is 2.47. The highest BCUT2D eigenvalue weighted by atomic mass is 16.4. The van der Waals surface area contributed by atoms with Crippen molar-refractivity contribution >= 4 is 17.8 Å². The number of aliphatic carboxylic acids is 1. The zero-order valence-corrected chi connectivity index (χ0v) is 9.57. The molecule has 1 heterocycles. The van der Waals surface area contributed by atoms with E-state index in [1.54, 1.807) is 4.90 Å². The molecular formula is C10H17N3O4. The topological polar surface area (TPSA) is 98.7 Å². The minimum Gasteiger partial charge on any atom is -0.481 e. The van der Waals surface area contributed by atoms with Gasteiger partial charge >= 0.3 is 5.97 Å². The van der Waals surface area contributed by atoms with Crippen LogP contribution in [0.1, 0.15) is 12.8 Å². The van der Waals surface area contributed by atoms with Gasteiger partial charge in [-0.05, 0) is 0 Å². The van der Waals surface area contributed by atoms with Crippen molar-refractivity contribution in [2.24, 2.45) is 0 Å². The summed E-state index contributed by atoms with van der Waals surface area (Å²) in [5, 5.41) is 13.9. The van der Waals surface area contributed by atoms with Crippen LogP contribution in [-0.4, -0.2) is 60.5 Å². The van der Waals surface area contributed by atoms with Gasteiger partial charge in [0.25, 0.3) is 0 Å². The van der Waals surface area contributed by atoms with Gasteiger partial charge in [-0.2, -0.15) is 0 Å². The Labute approximate surface area is 99.2 Å². The molecule has 0 aromatic carbocycles. The molecule has 0 unspecified atom stereocenters. The smallest absolute Gasteiger partial charge is 0.303 e. The van der Waals surface area contributed by atoms with E-state index in [0.29, 0.717) is 13.1 Å². The van der Waals surface area contributed by atoms with E-state index in [2.05, 4.69) is 10.6 Å². The van der Waals surface area contributed by atoms with Crippen molar-refractivity contribution in [2.75, 3.05) is 32.7 Å². The number of nitrogens with zero attached hydrogens (tertiary/aromatic N) is 1. The Morgan fingerprint density at radius 2 is 1.82 bits per heavy atom. The van der Waals surface area contributed by atoms with Crippen molar-refractivity contribution < 1.29 is 19.5 Å². The average Bonchev–Trinajstić information content (AvgIpc) is 2.34. The molecule has 17 heavy (non-hydrogen) atoms. The number of carbonyl (C=O) groups is 3. The summed E-state index contributed by atoms with van der Waals surface area (Å²) in [7, 11) is 0. The van der Waals surface area contributed by atoms with E-state index in [-0.39, 0.29) is 25.3 Å². The van der Waals surface area contributed by atoms with Crippen molar-refractivity contribution in [1.82, 2.24) is 15.5 Å². The second-order valence-electron chi connectivity index (χ2n) is 3.80. The molecule has 1 saturated heterocycles. The first kappa shape index (κ1) is 13.4. The van der Waals surface area contributed by atoms with Gasteiger partial charge in [-0.3, -0.25) is 14.4 Å². The number of hydrogen-bond donors (Lipinski definition) is 3. The monoisotopic (exact) mass is 243 g/mol. The zero-order valence-electron chi connectivity index (χ0n) is 9.57. The Kier molecular flexibility index (Phi) is 5.41. The quantitative estimate of drug-likeness (QED) is 0.540. The van der Waals surface area contributed by atoms with Crippen LogP contribution in [0.15, 0.2) is 0 Å². The number of piperazine rings is 1. The summed E-state index contributed by atoms with van der Waals surface area (Å²) in [5.41, 5.74) is 0. The lowest BCUT2D eigenvalue weighted by Crippen LogP contribution is -2.49. The van der Waals surface area contributed by atoms with Gasteiger partial charge in [0.15, 0.2) is 0 Å². The maximum atomic E-state index is 11.6. The second kappa shape index (κ2) is 6.85. The SMILES string of the molecule is O=C(O)CCC(=O)NCC(=O)N1CCNCC1. The molecule has 0 aromatic rings. The lowest BCUT2D eigenvalue weighted by atomic mass is 10.3. The number of rotatable bonds is 5. The van der Waals surface area contributed by atoms with E-state index >= 15 is 0 Å². The van der Waals surface area contributed by atoms with E-state index in [1.807, 2.05) is 0 Å². The highest BCUT2D eigenvalue weighted by Crippen LogP contribution is 1.93. The molecule has 1 aliphatic heterocycles. The predicted octanol–water partition coefficient (Wildman–Crippen LogP) is -1.60. The third-order valence-corrected chi connectivity index (χ3v) is 2.47. The van der Waals surface area contributed by atoms with Crippen molar-refractivity contribution in [1.29, 1.82) is 0 Å². The van der Waals surface area contributed by atoms with Crippen LogP contribution in [0, 0.1) is 0 Å². The number of amides is 2. The molecule has 2 amide bonds. The van der Waals surface area contributed by atoms with Crippen molar-refractivity contribution in [3.05, 3.63) is 0 Å². The van der Waals surface area contributed by atoms with Gasteiger partial charge in [-0.1, -0.05) is 0 Å². The summed E-state index contributed by atoms with van der Waals surface area (Å²) in [5.74, 6) is -1.56. The number of carboxylic acid groups (broad SMARTS) is 1. The molecule has 1 fully saturated rings. The van der Waals surface area contributed by atoms with E-state index in [9.17, 15) is 14.4 Å². The summed E-state index contributed by atoms with van der Waals surface area (Å²) in [6.45, 7) is 2.75. The molecule has 1 aliphatic rings. The predicted molar refractivity (Wildman–Crippen MR) is 59.3 cm³/mol. The molecule has 0 radical (unpaired) electrons. The number of nitrogens with one attached hydrogen (secondary N) is 2. The molecule has 1 rings (SSSR count). The Bertz CT molecular complexity index is 300. The normalized spacial score (nSPS) is 15.4. The van der Waals surface area contributed by atoms with Crippen LogP contribution in [0.4, 0.5) is 0 Å². The molecule has 0 aromatic heterocycles. The van der Waals surface area contributed by atoms with Crippen LogP contribution < -0.4 is 10.6 Å². The van der Waals surface area contributed by atoms with E-state index in [1.165, 1.54) is 0 Å². The van der Waals surface area contributed by atoms with Gasteiger partial charge < -0.3 is 20.6 Å². The van der Waals surface area contributed by atoms with Gasteiger partial charge in [-0.15, -0.1) is 0 Å². The molecular weight excluding hydrogens is 226 g/mol. The summed E-state index contributed by atoms with van der Waals surface area (Å²) < 4.78 is 0. The van der Waals surface area contributed by atoms with Gasteiger partial charge in [0.1, 0.15) is 0 Å². The lowest BCUT2D eigenvalue weighted by Gasteiger charge is -2.27. The Morgan fingerprint density at radius 1 is 1.18 bits per heavy atom. The second-order valence-corrected chi connectivity index (χ2v) is 3.80. The average molecular weight is 243 g/mol. The molecule has 0 spiro atoms. The number of carboxylic acids is 1. The van der Waals surface area contributed by atoms with Gasteiger partial charge in [0, 0.05) is 32.6 Å². The molecule has 7 nitrogen and oxygen atoms in total. The number of hydrogen-bond acceptors (Lipinski definition) is 4. The van der Waals surface area contributed by atoms with Crippen LogP contribution in [0.5, 0.6) is 0 Å².